The standard InChI is InChI=1S/C12H14BrF2NO3/c1-12(18,6-19-2)5-16-11(17)10-8(14)3-7(13)4-9(10)15/h3-4,18H,5-6H2,1-2H3,(H,16,17)/t12-/m0/s1. The molecule has 0 bridgehead atoms. The Labute approximate surface area is 117 Å². The van der Waals surface area contributed by atoms with Crippen molar-refractivity contribution >= 4 is 21.8 Å². The molecule has 4 nitrogen and oxygen atoms in total. The van der Waals surface area contributed by atoms with Gasteiger partial charge in [-0.3, -0.25) is 4.79 Å². The summed E-state index contributed by atoms with van der Waals surface area (Å²) in [6.45, 7) is 1.23. The van der Waals surface area contributed by atoms with Crippen molar-refractivity contribution in [3.05, 3.63) is 33.8 Å². The van der Waals surface area contributed by atoms with Crippen LogP contribution in [0.4, 0.5) is 8.78 Å². The van der Waals surface area contributed by atoms with Gasteiger partial charge in [0.05, 0.1) is 6.61 Å². The van der Waals surface area contributed by atoms with E-state index < -0.39 is 28.7 Å². The van der Waals surface area contributed by atoms with E-state index in [1.54, 1.807) is 0 Å². The van der Waals surface area contributed by atoms with Gasteiger partial charge in [0.25, 0.3) is 5.91 Å². The Morgan fingerprint density at radius 1 is 1.47 bits per heavy atom. The number of rotatable bonds is 5. The van der Waals surface area contributed by atoms with E-state index in [1.807, 2.05) is 0 Å². The molecule has 0 unspecified atom stereocenters. The van der Waals surface area contributed by atoms with Crippen LogP contribution in [0, 0.1) is 11.6 Å². The first-order chi connectivity index (χ1) is 8.76. The van der Waals surface area contributed by atoms with Crippen LogP contribution in [0.1, 0.15) is 17.3 Å². The highest BCUT2D eigenvalue weighted by molar-refractivity contribution is 9.10. The third-order valence-electron chi connectivity index (χ3n) is 2.32. The summed E-state index contributed by atoms with van der Waals surface area (Å²) >= 11 is 2.92. The average molecular weight is 338 g/mol. The number of methoxy groups -OCH3 is 1. The molecule has 19 heavy (non-hydrogen) atoms. The topological polar surface area (TPSA) is 58.6 Å². The third-order valence-corrected chi connectivity index (χ3v) is 2.78. The van der Waals surface area contributed by atoms with Crippen molar-refractivity contribution in [2.45, 2.75) is 12.5 Å². The van der Waals surface area contributed by atoms with Crippen LogP contribution in [0.2, 0.25) is 0 Å². The van der Waals surface area contributed by atoms with Crippen LogP contribution in [0.5, 0.6) is 0 Å². The second-order valence-corrected chi connectivity index (χ2v) is 5.27. The summed E-state index contributed by atoms with van der Waals surface area (Å²) < 4.78 is 32.0. The van der Waals surface area contributed by atoms with Crippen molar-refractivity contribution in [2.24, 2.45) is 0 Å². The molecule has 2 N–H and O–H groups in total. The molecular weight excluding hydrogens is 324 g/mol. The van der Waals surface area contributed by atoms with Gasteiger partial charge in [0, 0.05) is 18.1 Å². The maximum Gasteiger partial charge on any atom is 0.257 e. The van der Waals surface area contributed by atoms with Crippen LogP contribution < -0.4 is 5.32 Å². The molecule has 1 atom stereocenters. The SMILES string of the molecule is COC[C@@](C)(O)CNC(=O)c1c(F)cc(Br)cc1F. The van der Waals surface area contributed by atoms with Gasteiger partial charge in [0.15, 0.2) is 0 Å². The molecule has 7 heteroatoms. The van der Waals surface area contributed by atoms with Gasteiger partial charge in [0.1, 0.15) is 22.8 Å². The molecule has 0 fully saturated rings. The van der Waals surface area contributed by atoms with Crippen LogP contribution in [-0.2, 0) is 4.74 Å². The van der Waals surface area contributed by atoms with Gasteiger partial charge in [-0.05, 0) is 19.1 Å². The Hall–Kier alpha value is -1.05. The van der Waals surface area contributed by atoms with Crippen molar-refractivity contribution < 1.29 is 23.4 Å². The number of aliphatic hydroxyl groups is 1. The molecule has 1 rings (SSSR count). The Kier molecular flexibility index (Phi) is 5.39. The molecule has 0 saturated carbocycles. The number of amides is 1. The van der Waals surface area contributed by atoms with E-state index in [-0.39, 0.29) is 17.6 Å². The summed E-state index contributed by atoms with van der Waals surface area (Å²) in [4.78, 5) is 11.7. The summed E-state index contributed by atoms with van der Waals surface area (Å²) in [5, 5.41) is 12.0. The van der Waals surface area contributed by atoms with Gasteiger partial charge in [-0.2, -0.15) is 0 Å². The Morgan fingerprint density at radius 2 is 2.00 bits per heavy atom. The zero-order valence-corrected chi connectivity index (χ0v) is 12.1. The van der Waals surface area contributed by atoms with Crippen LogP contribution >= 0.6 is 15.9 Å². The fourth-order valence-corrected chi connectivity index (χ4v) is 1.88. The van der Waals surface area contributed by atoms with E-state index >= 15 is 0 Å². The van der Waals surface area contributed by atoms with Gasteiger partial charge < -0.3 is 15.2 Å². The monoisotopic (exact) mass is 337 g/mol. The van der Waals surface area contributed by atoms with E-state index in [0.29, 0.717) is 0 Å². The van der Waals surface area contributed by atoms with Crippen LogP contribution in [0.15, 0.2) is 16.6 Å². The molecule has 1 aromatic carbocycles. The van der Waals surface area contributed by atoms with Crippen molar-refractivity contribution in [1.29, 1.82) is 0 Å². The van der Waals surface area contributed by atoms with E-state index in [1.165, 1.54) is 14.0 Å². The van der Waals surface area contributed by atoms with Crippen LogP contribution in [-0.4, -0.2) is 36.9 Å². The summed E-state index contributed by atoms with van der Waals surface area (Å²) in [5.74, 6) is -2.88. The number of carbonyl (C=O) groups excluding carboxylic acids is 1. The number of hydrogen-bond acceptors (Lipinski definition) is 3. The highest BCUT2D eigenvalue weighted by Gasteiger charge is 2.24. The highest BCUT2D eigenvalue weighted by Crippen LogP contribution is 2.19. The zero-order chi connectivity index (χ0) is 14.6. The minimum absolute atomic E-state index is 0.0153. The normalized spacial score (nSPS) is 14.0. The van der Waals surface area contributed by atoms with E-state index in [4.69, 9.17) is 4.74 Å². The van der Waals surface area contributed by atoms with Crippen LogP contribution in [0.25, 0.3) is 0 Å². The van der Waals surface area contributed by atoms with Gasteiger partial charge in [0.2, 0.25) is 0 Å². The number of halogens is 3. The van der Waals surface area contributed by atoms with E-state index in [9.17, 15) is 18.7 Å². The highest BCUT2D eigenvalue weighted by atomic mass is 79.9. The molecule has 0 aliphatic rings. The lowest BCUT2D eigenvalue weighted by molar-refractivity contribution is -0.0147. The molecule has 1 amide bonds. The molecule has 0 spiro atoms. The number of nitrogens with one attached hydrogen (secondary N) is 1. The number of benzene rings is 1. The minimum Gasteiger partial charge on any atom is -0.386 e. The van der Waals surface area contributed by atoms with Gasteiger partial charge in [-0.25, -0.2) is 8.78 Å². The fourth-order valence-electron chi connectivity index (χ4n) is 1.48. The fraction of sp³-hybridized carbons (Fsp3) is 0.417. The van der Waals surface area contributed by atoms with Crippen molar-refractivity contribution in [2.75, 3.05) is 20.3 Å². The molecule has 0 aromatic heterocycles. The summed E-state index contributed by atoms with van der Waals surface area (Å²) in [7, 11) is 1.39. The first kappa shape index (κ1) is 16.0. The van der Waals surface area contributed by atoms with Crippen molar-refractivity contribution in [3.8, 4) is 0 Å². The zero-order valence-electron chi connectivity index (χ0n) is 10.5. The molecular formula is C12H14BrF2NO3. The summed E-state index contributed by atoms with van der Waals surface area (Å²) in [6.07, 6.45) is 0. The Balaban J connectivity index is 2.80. The lowest BCUT2D eigenvalue weighted by Crippen LogP contribution is -2.44. The number of ether oxygens (including phenoxy) is 1. The van der Waals surface area contributed by atoms with E-state index in [0.717, 1.165) is 12.1 Å². The molecule has 106 valence electrons. The second-order valence-electron chi connectivity index (χ2n) is 4.36. The lowest BCUT2D eigenvalue weighted by atomic mass is 10.1. The van der Waals surface area contributed by atoms with E-state index in [2.05, 4.69) is 21.2 Å². The summed E-state index contributed by atoms with van der Waals surface area (Å²) in [6, 6.07) is 1.98. The maximum atomic E-state index is 13.5. The third kappa shape index (κ3) is 4.52. The Morgan fingerprint density at radius 3 is 2.47 bits per heavy atom. The molecule has 0 heterocycles. The summed E-state index contributed by atoms with van der Waals surface area (Å²) in [5.41, 5.74) is -2.00. The first-order valence-electron chi connectivity index (χ1n) is 5.41. The number of carbonyl (C=O) groups is 1. The Bertz CT molecular complexity index is 457. The number of hydrogen-bond donors (Lipinski definition) is 2. The second kappa shape index (κ2) is 6.40. The minimum atomic E-state index is -1.31. The molecule has 1 aromatic rings. The smallest absolute Gasteiger partial charge is 0.257 e. The largest absolute Gasteiger partial charge is 0.386 e. The van der Waals surface area contributed by atoms with Gasteiger partial charge in [-0.15, -0.1) is 0 Å². The van der Waals surface area contributed by atoms with Gasteiger partial charge >= 0.3 is 0 Å². The predicted octanol–water partition coefficient (Wildman–Crippen LogP) is 1.85. The molecule has 0 aliphatic heterocycles. The average Bonchev–Trinajstić information content (AvgIpc) is 2.25. The molecule has 0 saturated heterocycles. The van der Waals surface area contributed by atoms with Crippen LogP contribution in [0.3, 0.4) is 0 Å². The van der Waals surface area contributed by atoms with Gasteiger partial charge in [-0.1, -0.05) is 15.9 Å². The predicted molar refractivity (Wildman–Crippen MR) is 68.9 cm³/mol. The lowest BCUT2D eigenvalue weighted by Gasteiger charge is -2.22. The van der Waals surface area contributed by atoms with Crippen molar-refractivity contribution in [1.82, 2.24) is 5.32 Å². The quantitative estimate of drug-likeness (QED) is 0.862. The first-order valence-corrected chi connectivity index (χ1v) is 6.20. The molecule has 0 aliphatic carbocycles. The maximum absolute atomic E-state index is 13.5. The molecule has 0 radical (unpaired) electrons. The van der Waals surface area contributed by atoms with Crippen molar-refractivity contribution in [3.63, 3.8) is 0 Å².